The van der Waals surface area contributed by atoms with Crippen molar-refractivity contribution in [3.8, 4) is 0 Å². The Morgan fingerprint density at radius 3 is 1.25 bits per heavy atom. The van der Waals surface area contributed by atoms with E-state index in [9.17, 15) is 53.4 Å². The predicted octanol–water partition coefficient (Wildman–Crippen LogP) is 6.87. The molecule has 6 aromatic rings. The number of carbonyl (C=O) groups is 9. The molecule has 33 heteroatoms. The van der Waals surface area contributed by atoms with Crippen LogP contribution in [0, 0.1) is 0 Å². The minimum atomic E-state index is -2.85. The number of ether oxygens (including phenoxy) is 13. The van der Waals surface area contributed by atoms with E-state index in [1.165, 1.54) is 109 Å². The number of nitrogens with one attached hydrogen (secondary N) is 3. The summed E-state index contributed by atoms with van der Waals surface area (Å²) in [5.41, 5.74) is 0.255. The van der Waals surface area contributed by atoms with Gasteiger partial charge in [0.15, 0.2) is 43.3 Å². The number of halogens is 6. The molecule has 0 aliphatic carbocycles. The van der Waals surface area contributed by atoms with Crippen molar-refractivity contribution in [2.24, 2.45) is 0 Å². The standard InChI is InChI=1S/C68H63Cl6N3O24/c1-89-60(85)53-51(100-62-46(77-65(87)68(72,73)74)49(96-57(82)40-26-14-5-15-27-40)47(78)44(95-62)36-92-56(81)39-24-12-4-13-25-39)52(97-58(83)41-28-16-6-17-29-41)54(98-59(84)42-30-18-7-19-31-42)63(101-53)99-50-45(76-64(86)67(69,70)71)61(90-33-32-75-66(88)93-34-37-20-8-2-9-21-37)94-43(48(50)79)35-91-55(80)38-22-10-3-11-23-38/h2-31,43-54,61-63,78-79H,32-36H2,1H3,(H,75,88)(H,76,86)(H,77,87)/t43-,44-,45-,46-,47+,48+,49-,50-,51+,52+,53+,54-,61-,62+,63-/m1/s1. The Morgan fingerprint density at radius 1 is 0.436 bits per heavy atom. The van der Waals surface area contributed by atoms with Gasteiger partial charge in [0.05, 0.1) is 41.5 Å². The maximum Gasteiger partial charge on any atom is 0.407 e. The first kappa shape index (κ1) is 76.9. The van der Waals surface area contributed by atoms with Crippen LogP contribution in [0.15, 0.2) is 182 Å². The first-order valence-electron chi connectivity index (χ1n) is 30.6. The minimum Gasteiger partial charge on any atom is -0.467 e. The molecule has 0 aromatic heterocycles. The Balaban J connectivity index is 1.16. The largest absolute Gasteiger partial charge is 0.467 e. The van der Waals surface area contributed by atoms with Gasteiger partial charge in [-0.15, -0.1) is 0 Å². The molecular formula is C68H63Cl6N3O24. The number of aliphatic hydroxyl groups is 2. The average Bonchev–Trinajstić information content (AvgIpc) is 0.769. The van der Waals surface area contributed by atoms with Gasteiger partial charge in [-0.25, -0.2) is 33.6 Å². The van der Waals surface area contributed by atoms with Gasteiger partial charge in [0.1, 0.15) is 68.5 Å². The first-order valence-corrected chi connectivity index (χ1v) is 32.9. The van der Waals surface area contributed by atoms with Crippen LogP contribution in [-0.2, 0) is 82.6 Å². The van der Waals surface area contributed by atoms with Gasteiger partial charge in [0, 0.05) is 6.54 Å². The van der Waals surface area contributed by atoms with E-state index in [2.05, 4.69) is 16.0 Å². The average molecular weight is 1520 g/mol. The molecule has 3 saturated heterocycles. The fourth-order valence-corrected chi connectivity index (χ4v) is 10.7. The molecule has 6 aromatic carbocycles. The van der Waals surface area contributed by atoms with Gasteiger partial charge in [-0.2, -0.15) is 0 Å². The lowest BCUT2D eigenvalue weighted by Gasteiger charge is -2.50. The zero-order chi connectivity index (χ0) is 72.4. The summed E-state index contributed by atoms with van der Waals surface area (Å²) in [6, 6.07) is 41.1. The second-order valence-corrected chi connectivity index (χ2v) is 26.8. The van der Waals surface area contributed by atoms with Crippen molar-refractivity contribution in [3.63, 3.8) is 0 Å². The Labute approximate surface area is 605 Å². The van der Waals surface area contributed by atoms with Crippen LogP contribution in [-0.4, -0.2) is 197 Å². The van der Waals surface area contributed by atoms with E-state index < -0.39 is 173 Å². The molecule has 3 aliphatic heterocycles. The number of carbonyl (C=O) groups excluding carboxylic acids is 9. The third-order valence-corrected chi connectivity index (χ3v) is 16.4. The third kappa shape index (κ3) is 21.0. The fraction of sp³-hybridized carbons (Fsp3) is 0.338. The monoisotopic (exact) mass is 1520 g/mol. The Morgan fingerprint density at radius 2 is 0.812 bits per heavy atom. The summed E-state index contributed by atoms with van der Waals surface area (Å²) in [6.07, 6.45) is -29.2. The van der Waals surface area contributed by atoms with E-state index in [1.807, 2.05) is 0 Å². The van der Waals surface area contributed by atoms with Gasteiger partial charge in [-0.05, 0) is 66.2 Å². The first-order chi connectivity index (χ1) is 48.4. The fourth-order valence-electron chi connectivity index (χ4n) is 10.4. The molecule has 0 spiro atoms. The van der Waals surface area contributed by atoms with Crippen LogP contribution in [0.5, 0.6) is 0 Å². The number of rotatable bonds is 25. The molecule has 3 fully saturated rings. The molecule has 3 aliphatic rings. The van der Waals surface area contributed by atoms with Crippen molar-refractivity contribution in [3.05, 3.63) is 215 Å². The zero-order valence-corrected chi connectivity index (χ0v) is 57.2. The van der Waals surface area contributed by atoms with Gasteiger partial charge in [-0.1, -0.05) is 191 Å². The molecule has 0 radical (unpaired) electrons. The highest BCUT2D eigenvalue weighted by molar-refractivity contribution is 6.76. The number of alkyl halides is 6. The molecule has 27 nitrogen and oxygen atoms in total. The Hall–Kier alpha value is -8.23. The number of benzene rings is 6. The highest BCUT2D eigenvalue weighted by atomic mass is 35.6. The molecule has 9 rings (SSSR count). The molecule has 0 unspecified atom stereocenters. The summed E-state index contributed by atoms with van der Waals surface area (Å²) in [5, 5.41) is 32.2. The van der Waals surface area contributed by atoms with Crippen LogP contribution in [0.2, 0.25) is 0 Å². The quantitative estimate of drug-likeness (QED) is 0.0169. The van der Waals surface area contributed by atoms with E-state index in [1.54, 1.807) is 72.8 Å². The number of aliphatic hydroxyl groups excluding tert-OH is 2. The Kier molecular flexibility index (Phi) is 27.5. The van der Waals surface area contributed by atoms with Crippen LogP contribution < -0.4 is 16.0 Å². The van der Waals surface area contributed by atoms with Crippen molar-refractivity contribution in [2.45, 2.75) is 106 Å². The lowest BCUT2D eigenvalue weighted by Crippen LogP contribution is -2.71. The van der Waals surface area contributed by atoms with Crippen molar-refractivity contribution in [2.75, 3.05) is 33.5 Å². The number of esters is 6. The van der Waals surface area contributed by atoms with E-state index in [0.29, 0.717) is 5.56 Å². The van der Waals surface area contributed by atoms with Gasteiger partial charge < -0.3 is 87.7 Å². The SMILES string of the molecule is COC(=O)[C@H]1O[C@@H](O[C@H]2[C@@H](O)[C@@H](COC(=O)c3ccccc3)O[C@@H](OCCNC(=O)OCc3ccccc3)[C@@H]2NC(=O)C(Cl)(Cl)Cl)[C@H](OC(=O)c2ccccc2)[C@@H](OC(=O)c2ccccc2)[C@@H]1O[C@@H]1O[C@H](COC(=O)c2ccccc2)[C@H](O)[C@H](OC(=O)c2ccccc2)[C@H]1NC(=O)C(Cl)(Cl)Cl. The molecule has 0 bridgehead atoms. The highest BCUT2D eigenvalue weighted by Crippen LogP contribution is 2.39. The normalized spacial score (nSPS) is 24.9. The van der Waals surface area contributed by atoms with Crippen LogP contribution in [0.1, 0.15) is 57.4 Å². The van der Waals surface area contributed by atoms with E-state index >= 15 is 0 Å². The molecule has 5 N–H and O–H groups in total. The maximum absolute atomic E-state index is 14.9. The van der Waals surface area contributed by atoms with Crippen molar-refractivity contribution in [1.29, 1.82) is 0 Å². The smallest absolute Gasteiger partial charge is 0.407 e. The number of methoxy groups -OCH3 is 1. The topological polar surface area (TPSA) is 350 Å². The van der Waals surface area contributed by atoms with Gasteiger partial charge >= 0.3 is 41.9 Å². The number of alkyl carbamates (subject to hydrolysis) is 1. The third-order valence-electron chi connectivity index (χ3n) is 15.4. The van der Waals surface area contributed by atoms with Crippen LogP contribution in [0.4, 0.5) is 4.79 Å². The molecule has 0 saturated carbocycles. The van der Waals surface area contributed by atoms with E-state index in [-0.39, 0.29) is 41.0 Å². The summed E-state index contributed by atoms with van der Waals surface area (Å²) >= 11 is 36.9. The van der Waals surface area contributed by atoms with E-state index in [0.717, 1.165) is 7.11 Å². The van der Waals surface area contributed by atoms with Crippen LogP contribution >= 0.6 is 69.6 Å². The minimum absolute atomic E-state index is 0.0326. The van der Waals surface area contributed by atoms with Gasteiger partial charge in [0.25, 0.3) is 19.4 Å². The molecule has 3 heterocycles. The summed E-state index contributed by atoms with van der Waals surface area (Å²) in [4.78, 5) is 127. The second-order valence-electron chi connectivity index (χ2n) is 22.2. The number of hydrogen-bond donors (Lipinski definition) is 5. The van der Waals surface area contributed by atoms with Crippen molar-refractivity contribution in [1.82, 2.24) is 16.0 Å². The van der Waals surface area contributed by atoms with E-state index in [4.69, 9.17) is 131 Å². The summed E-state index contributed by atoms with van der Waals surface area (Å²) in [6.45, 7) is -2.69. The van der Waals surface area contributed by atoms with Gasteiger partial charge in [-0.3, -0.25) is 9.59 Å². The molecule has 101 heavy (non-hydrogen) atoms. The van der Waals surface area contributed by atoms with Crippen molar-refractivity contribution < 1.29 is 115 Å². The second kappa shape index (κ2) is 36.1. The molecule has 536 valence electrons. The van der Waals surface area contributed by atoms with Gasteiger partial charge in [0.2, 0.25) is 0 Å². The maximum atomic E-state index is 14.9. The number of amides is 3. The summed E-state index contributed by atoms with van der Waals surface area (Å²) in [7, 11) is 0.879. The molecule has 15 atom stereocenters. The zero-order valence-electron chi connectivity index (χ0n) is 52.7. The molecular weight excluding hydrogens is 1460 g/mol. The van der Waals surface area contributed by atoms with Crippen LogP contribution in [0.3, 0.4) is 0 Å². The lowest BCUT2D eigenvalue weighted by molar-refractivity contribution is -0.359. The summed E-state index contributed by atoms with van der Waals surface area (Å²) < 4.78 is 73.4. The lowest BCUT2D eigenvalue weighted by atomic mass is 9.93. The highest BCUT2D eigenvalue weighted by Gasteiger charge is 2.61. The van der Waals surface area contributed by atoms with Crippen molar-refractivity contribution >= 4 is 123 Å². The molecule has 3 amide bonds. The summed E-state index contributed by atoms with van der Waals surface area (Å²) in [5.74, 6) is -9.81. The Bertz CT molecular complexity index is 3780. The number of hydrogen-bond acceptors (Lipinski definition) is 24. The van der Waals surface area contributed by atoms with Crippen LogP contribution in [0.25, 0.3) is 0 Å². The predicted molar refractivity (Wildman–Crippen MR) is 355 cm³/mol.